The molecule has 0 amide bonds. The highest BCUT2D eigenvalue weighted by Gasteiger charge is 2.50. The van der Waals surface area contributed by atoms with Crippen molar-refractivity contribution in [3.63, 3.8) is 0 Å². The number of hydrogen-bond donors (Lipinski definition) is 0. The summed E-state index contributed by atoms with van der Waals surface area (Å²) in [7, 11) is -3.77. The first-order valence-corrected chi connectivity index (χ1v) is 9.35. The van der Waals surface area contributed by atoms with Gasteiger partial charge in [-0.05, 0) is 6.92 Å². The van der Waals surface area contributed by atoms with E-state index in [9.17, 15) is 22.8 Å². The Balaban J connectivity index is 3.02. The Morgan fingerprint density at radius 2 is 1.68 bits per heavy atom. The molecule has 1 rings (SSSR count). The molecule has 1 unspecified atom stereocenters. The summed E-state index contributed by atoms with van der Waals surface area (Å²) in [6.45, 7) is 3.61. The second-order valence-corrected chi connectivity index (χ2v) is 7.03. The van der Waals surface area contributed by atoms with Gasteiger partial charge in [0, 0.05) is 19.8 Å². The Bertz CT molecular complexity index is 599. The van der Waals surface area contributed by atoms with E-state index in [0.717, 1.165) is 20.1 Å². The third-order valence-corrected chi connectivity index (χ3v) is 3.78. The van der Waals surface area contributed by atoms with E-state index in [2.05, 4.69) is 0 Å². The number of ether oxygens (including phenoxy) is 4. The molecule has 144 valence electrons. The highest BCUT2D eigenvalue weighted by molar-refractivity contribution is 7.85. The van der Waals surface area contributed by atoms with E-state index in [4.69, 9.17) is 23.1 Å². The molecule has 1 heterocycles. The average Bonchev–Trinajstić information content (AvgIpc) is 2.73. The second-order valence-electron chi connectivity index (χ2n) is 5.39. The van der Waals surface area contributed by atoms with Crippen molar-refractivity contribution >= 4 is 28.0 Å². The van der Waals surface area contributed by atoms with E-state index in [0.29, 0.717) is 0 Å². The van der Waals surface area contributed by atoms with Gasteiger partial charge < -0.3 is 18.9 Å². The molecule has 0 radical (unpaired) electrons. The fraction of sp³-hybridized carbons (Fsp3) is 0.786. The molecular formula is C14H22O10S. The SMILES string of the molecule is CCOC(=O)C[C@@H]1[C@@H](COS(C)(=O)=O)OC(OC(C)=O)[C@@H]1OC(C)=O. The normalized spacial score (nSPS) is 26.1. The molecule has 1 fully saturated rings. The first-order valence-electron chi connectivity index (χ1n) is 7.53. The lowest BCUT2D eigenvalue weighted by molar-refractivity contribution is -0.195. The van der Waals surface area contributed by atoms with Crippen molar-refractivity contribution in [1.29, 1.82) is 0 Å². The lowest BCUT2D eigenvalue weighted by Gasteiger charge is -2.22. The van der Waals surface area contributed by atoms with E-state index >= 15 is 0 Å². The lowest BCUT2D eigenvalue weighted by atomic mass is 9.95. The van der Waals surface area contributed by atoms with E-state index < -0.39 is 59.0 Å². The van der Waals surface area contributed by atoms with Gasteiger partial charge in [-0.15, -0.1) is 0 Å². The molecular weight excluding hydrogens is 360 g/mol. The molecule has 1 aliphatic rings. The smallest absolute Gasteiger partial charge is 0.306 e. The molecule has 10 nitrogen and oxygen atoms in total. The summed E-state index contributed by atoms with van der Waals surface area (Å²) < 4.78 is 47.5. The van der Waals surface area contributed by atoms with Gasteiger partial charge in [0.15, 0.2) is 6.10 Å². The van der Waals surface area contributed by atoms with Crippen molar-refractivity contribution in [2.45, 2.75) is 45.7 Å². The second kappa shape index (κ2) is 9.11. The minimum atomic E-state index is -3.77. The Hall–Kier alpha value is -1.72. The maximum atomic E-state index is 11.8. The Morgan fingerprint density at radius 1 is 1.08 bits per heavy atom. The third kappa shape index (κ3) is 7.36. The standard InChI is InChI=1S/C14H22O10S/c1-5-20-12(17)6-10-11(7-21-25(4,18)19)24-14(23-9(3)16)13(10)22-8(2)15/h10-11,13-14H,5-7H2,1-4H3/t10-,11-,13-,14?/m1/s1. The summed E-state index contributed by atoms with van der Waals surface area (Å²) in [5.74, 6) is -2.78. The predicted octanol–water partition coefficient (Wildman–Crippen LogP) is -0.248. The summed E-state index contributed by atoms with van der Waals surface area (Å²) in [5, 5.41) is 0. The Kier molecular flexibility index (Phi) is 7.77. The molecule has 0 saturated carbocycles. The Morgan fingerprint density at radius 3 is 2.16 bits per heavy atom. The number of carbonyl (C=O) groups excluding carboxylic acids is 3. The largest absolute Gasteiger partial charge is 0.466 e. The summed E-state index contributed by atoms with van der Waals surface area (Å²) in [4.78, 5) is 34.4. The topological polar surface area (TPSA) is 132 Å². The van der Waals surface area contributed by atoms with Crippen LogP contribution >= 0.6 is 0 Å². The fourth-order valence-electron chi connectivity index (χ4n) is 2.37. The average molecular weight is 382 g/mol. The summed E-state index contributed by atoms with van der Waals surface area (Å²) >= 11 is 0. The van der Waals surface area contributed by atoms with Crippen LogP contribution in [0.25, 0.3) is 0 Å². The number of esters is 3. The molecule has 0 N–H and O–H groups in total. The van der Waals surface area contributed by atoms with Crippen LogP contribution in [0.15, 0.2) is 0 Å². The van der Waals surface area contributed by atoms with Crippen molar-refractivity contribution in [1.82, 2.24) is 0 Å². The van der Waals surface area contributed by atoms with E-state index in [-0.39, 0.29) is 13.0 Å². The van der Waals surface area contributed by atoms with Crippen LogP contribution in [0.2, 0.25) is 0 Å². The predicted molar refractivity (Wildman–Crippen MR) is 81.5 cm³/mol. The molecule has 1 saturated heterocycles. The maximum absolute atomic E-state index is 11.8. The molecule has 0 spiro atoms. The zero-order valence-corrected chi connectivity index (χ0v) is 15.2. The zero-order valence-electron chi connectivity index (χ0n) is 14.4. The van der Waals surface area contributed by atoms with Gasteiger partial charge in [-0.1, -0.05) is 0 Å². The van der Waals surface area contributed by atoms with Crippen LogP contribution in [-0.2, 0) is 47.6 Å². The highest BCUT2D eigenvalue weighted by Crippen LogP contribution is 2.34. The maximum Gasteiger partial charge on any atom is 0.306 e. The molecule has 0 bridgehead atoms. The van der Waals surface area contributed by atoms with Gasteiger partial charge in [0.1, 0.15) is 0 Å². The minimum absolute atomic E-state index is 0.141. The number of hydrogen-bond acceptors (Lipinski definition) is 10. The van der Waals surface area contributed by atoms with Crippen LogP contribution in [0.4, 0.5) is 0 Å². The van der Waals surface area contributed by atoms with Gasteiger partial charge >= 0.3 is 17.9 Å². The quantitative estimate of drug-likeness (QED) is 0.314. The van der Waals surface area contributed by atoms with Crippen LogP contribution in [0.3, 0.4) is 0 Å². The van der Waals surface area contributed by atoms with Crippen molar-refractivity contribution in [3.05, 3.63) is 0 Å². The van der Waals surface area contributed by atoms with Crippen LogP contribution in [0, 0.1) is 5.92 Å². The van der Waals surface area contributed by atoms with Gasteiger partial charge in [0.05, 0.1) is 32.0 Å². The van der Waals surface area contributed by atoms with Gasteiger partial charge in [0.25, 0.3) is 10.1 Å². The molecule has 25 heavy (non-hydrogen) atoms. The Labute approximate surface area is 145 Å². The number of rotatable bonds is 8. The minimum Gasteiger partial charge on any atom is -0.466 e. The molecule has 4 atom stereocenters. The van der Waals surface area contributed by atoms with Crippen LogP contribution in [-0.4, -0.2) is 64.3 Å². The van der Waals surface area contributed by atoms with Crippen LogP contribution < -0.4 is 0 Å². The summed E-state index contributed by atoms with van der Waals surface area (Å²) in [6, 6.07) is 0. The van der Waals surface area contributed by atoms with E-state index in [1.54, 1.807) is 6.92 Å². The fourth-order valence-corrected chi connectivity index (χ4v) is 2.75. The molecule has 0 aromatic carbocycles. The molecule has 11 heteroatoms. The monoisotopic (exact) mass is 382 g/mol. The van der Waals surface area contributed by atoms with Gasteiger partial charge in [-0.2, -0.15) is 8.42 Å². The van der Waals surface area contributed by atoms with E-state index in [1.807, 2.05) is 0 Å². The van der Waals surface area contributed by atoms with Crippen molar-refractivity contribution in [2.24, 2.45) is 5.92 Å². The highest BCUT2D eigenvalue weighted by atomic mass is 32.2. The van der Waals surface area contributed by atoms with E-state index in [1.165, 1.54) is 0 Å². The van der Waals surface area contributed by atoms with Gasteiger partial charge in [-0.25, -0.2) is 0 Å². The van der Waals surface area contributed by atoms with Gasteiger partial charge in [0.2, 0.25) is 6.29 Å². The van der Waals surface area contributed by atoms with Gasteiger partial charge in [-0.3, -0.25) is 18.6 Å². The lowest BCUT2D eigenvalue weighted by Crippen LogP contribution is -2.37. The zero-order chi connectivity index (χ0) is 19.2. The van der Waals surface area contributed by atoms with Crippen LogP contribution in [0.5, 0.6) is 0 Å². The first kappa shape index (κ1) is 21.3. The molecule has 0 aliphatic carbocycles. The van der Waals surface area contributed by atoms with Crippen molar-refractivity contribution < 1.29 is 45.9 Å². The van der Waals surface area contributed by atoms with Crippen LogP contribution in [0.1, 0.15) is 27.2 Å². The van der Waals surface area contributed by atoms with Crippen molar-refractivity contribution in [2.75, 3.05) is 19.5 Å². The first-order chi connectivity index (χ1) is 11.5. The summed E-state index contributed by atoms with van der Waals surface area (Å²) in [6.07, 6.45) is -2.72. The summed E-state index contributed by atoms with van der Waals surface area (Å²) in [5.41, 5.74) is 0. The molecule has 1 aliphatic heterocycles. The molecule has 0 aromatic heterocycles. The third-order valence-electron chi connectivity index (χ3n) is 3.21. The number of carbonyl (C=O) groups is 3. The molecule has 0 aromatic rings. The van der Waals surface area contributed by atoms with Crippen molar-refractivity contribution in [3.8, 4) is 0 Å².